The molecule has 2 rings (SSSR count). The molecular formula is C28H36N4O12. The molecule has 0 spiro atoms. The second kappa shape index (κ2) is 16.1. The predicted octanol–water partition coefficient (Wildman–Crippen LogP) is 1.91. The lowest BCUT2D eigenvalue weighted by Crippen LogP contribution is -2.39. The van der Waals surface area contributed by atoms with Crippen LogP contribution in [-0.4, -0.2) is 79.0 Å². The number of esters is 3. The van der Waals surface area contributed by atoms with Crippen molar-refractivity contribution in [2.24, 2.45) is 11.5 Å². The minimum atomic E-state index is -1.24. The van der Waals surface area contributed by atoms with Crippen LogP contribution in [0.25, 0.3) is 0 Å². The van der Waals surface area contributed by atoms with Gasteiger partial charge in [0.1, 0.15) is 6.61 Å². The van der Waals surface area contributed by atoms with E-state index in [9.17, 15) is 34.1 Å². The van der Waals surface area contributed by atoms with Crippen LogP contribution in [0.4, 0.5) is 10.5 Å². The topological polar surface area (TPSA) is 230 Å². The first-order valence-corrected chi connectivity index (χ1v) is 13.4. The Balaban J connectivity index is 2.56. The third-order valence-electron chi connectivity index (χ3n) is 6.36. The summed E-state index contributed by atoms with van der Waals surface area (Å²) in [5.41, 5.74) is 10.0. The van der Waals surface area contributed by atoms with Gasteiger partial charge in [0.25, 0.3) is 5.69 Å². The molecule has 0 bridgehead atoms. The number of carbonyl (C=O) groups excluding carboxylic acids is 5. The Labute approximate surface area is 253 Å². The van der Waals surface area contributed by atoms with Crippen LogP contribution < -0.4 is 11.5 Å². The number of methoxy groups -OCH3 is 1. The molecule has 1 aromatic carbocycles. The Kier molecular flexibility index (Phi) is 13.0. The summed E-state index contributed by atoms with van der Waals surface area (Å²) in [6, 6.07) is 4.26. The molecule has 2 unspecified atom stereocenters. The van der Waals surface area contributed by atoms with Gasteiger partial charge in [-0.3, -0.25) is 24.6 Å². The van der Waals surface area contributed by atoms with Gasteiger partial charge in [0.2, 0.25) is 12.7 Å². The molecule has 0 aliphatic carbocycles. The number of rotatable bonds is 14. The average molecular weight is 621 g/mol. The van der Waals surface area contributed by atoms with Crippen LogP contribution in [0.5, 0.6) is 0 Å². The summed E-state index contributed by atoms with van der Waals surface area (Å²) in [5, 5.41) is 11.6. The standard InChI is InChI=1S/C28H36N4O12/c1-15(2)44-27(36)23-17(4)31(28(37)43-14-42-21(33)10-9-20(29)25(30)34)16(3)22(26(35)41-12-11-40-5)24(23)18-7-6-8-19(13-18)32(38)39/h6-8,13,15,20,24H,9-12,14,29H2,1-5H3,(H2,30,34). The SMILES string of the molecule is COCCOC(=O)C1=C(C)N(C(=O)OCOC(=O)CCC(N)C(N)=O)C(C)=C(C(=O)OC(C)C)C1c1cccc([N+](=O)[O-])c1. The largest absolute Gasteiger partial charge is 0.460 e. The molecule has 0 fully saturated rings. The van der Waals surface area contributed by atoms with Gasteiger partial charge in [-0.25, -0.2) is 14.4 Å². The van der Waals surface area contributed by atoms with E-state index in [1.165, 1.54) is 45.2 Å². The molecule has 16 nitrogen and oxygen atoms in total. The van der Waals surface area contributed by atoms with E-state index in [1.54, 1.807) is 13.8 Å². The van der Waals surface area contributed by atoms with Crippen molar-refractivity contribution in [1.29, 1.82) is 0 Å². The molecule has 0 saturated heterocycles. The predicted molar refractivity (Wildman–Crippen MR) is 151 cm³/mol. The van der Waals surface area contributed by atoms with E-state index in [1.807, 2.05) is 0 Å². The maximum absolute atomic E-state index is 13.5. The molecule has 240 valence electrons. The van der Waals surface area contributed by atoms with Crippen molar-refractivity contribution in [2.75, 3.05) is 27.1 Å². The summed E-state index contributed by atoms with van der Waals surface area (Å²) in [5.74, 6) is -4.72. The van der Waals surface area contributed by atoms with Gasteiger partial charge in [0, 0.05) is 37.1 Å². The van der Waals surface area contributed by atoms with E-state index in [2.05, 4.69) is 0 Å². The monoisotopic (exact) mass is 620 g/mol. The van der Waals surface area contributed by atoms with Gasteiger partial charge in [-0.2, -0.15) is 0 Å². The van der Waals surface area contributed by atoms with Gasteiger partial charge >= 0.3 is 24.0 Å². The van der Waals surface area contributed by atoms with E-state index < -0.39 is 59.7 Å². The molecule has 4 N–H and O–H groups in total. The average Bonchev–Trinajstić information content (AvgIpc) is 2.95. The van der Waals surface area contributed by atoms with Crippen LogP contribution in [0.3, 0.4) is 0 Å². The number of primary amides is 1. The highest BCUT2D eigenvalue weighted by molar-refractivity contribution is 6.01. The number of benzene rings is 1. The number of hydrogen-bond donors (Lipinski definition) is 2. The zero-order chi connectivity index (χ0) is 33.1. The molecule has 16 heteroatoms. The van der Waals surface area contributed by atoms with E-state index in [0.29, 0.717) is 0 Å². The Bertz CT molecular complexity index is 1350. The number of allylic oxidation sites excluding steroid dienone is 2. The molecule has 1 heterocycles. The van der Waals surface area contributed by atoms with E-state index in [0.717, 1.165) is 4.90 Å². The lowest BCUT2D eigenvalue weighted by molar-refractivity contribution is -0.384. The smallest absolute Gasteiger partial charge is 0.421 e. The molecule has 1 aliphatic rings. The first-order chi connectivity index (χ1) is 20.7. The third kappa shape index (κ3) is 9.08. The van der Waals surface area contributed by atoms with Crippen molar-refractivity contribution < 1.29 is 52.6 Å². The number of nitrogens with zero attached hydrogens (tertiary/aromatic N) is 2. The van der Waals surface area contributed by atoms with Crippen LogP contribution >= 0.6 is 0 Å². The summed E-state index contributed by atoms with van der Waals surface area (Å²) >= 11 is 0. The zero-order valence-electron chi connectivity index (χ0n) is 25.0. The van der Waals surface area contributed by atoms with Gasteiger partial charge in [-0.1, -0.05) is 12.1 Å². The fourth-order valence-electron chi connectivity index (χ4n) is 4.28. The Morgan fingerprint density at radius 3 is 2.20 bits per heavy atom. The molecule has 2 atom stereocenters. The van der Waals surface area contributed by atoms with E-state index in [4.69, 9.17) is 35.2 Å². The molecule has 0 radical (unpaired) electrons. The normalized spacial score (nSPS) is 15.5. The van der Waals surface area contributed by atoms with Crippen molar-refractivity contribution in [2.45, 2.75) is 58.6 Å². The molecule has 1 aliphatic heterocycles. The Morgan fingerprint density at radius 2 is 1.64 bits per heavy atom. The summed E-state index contributed by atoms with van der Waals surface area (Å²) < 4.78 is 25.7. The van der Waals surface area contributed by atoms with Crippen molar-refractivity contribution in [3.05, 3.63) is 62.5 Å². The number of ether oxygens (including phenoxy) is 5. The highest BCUT2D eigenvalue weighted by Crippen LogP contribution is 2.44. The van der Waals surface area contributed by atoms with Gasteiger partial charge in [0.15, 0.2) is 0 Å². The third-order valence-corrected chi connectivity index (χ3v) is 6.36. The molecule has 2 amide bonds. The minimum Gasteiger partial charge on any atom is -0.460 e. The van der Waals surface area contributed by atoms with Gasteiger partial charge in [-0.15, -0.1) is 0 Å². The maximum atomic E-state index is 13.5. The molecule has 1 aromatic rings. The van der Waals surface area contributed by atoms with E-state index in [-0.39, 0.29) is 59.8 Å². The van der Waals surface area contributed by atoms with Gasteiger partial charge in [-0.05, 0) is 39.7 Å². The second-order valence-electron chi connectivity index (χ2n) is 9.79. The number of nitro groups is 1. The zero-order valence-corrected chi connectivity index (χ0v) is 25.0. The molecule has 44 heavy (non-hydrogen) atoms. The maximum Gasteiger partial charge on any atom is 0.421 e. The van der Waals surface area contributed by atoms with Crippen LogP contribution in [-0.2, 0) is 42.9 Å². The fraction of sp³-hybridized carbons (Fsp3) is 0.464. The van der Waals surface area contributed by atoms with Crippen LogP contribution in [0.2, 0.25) is 0 Å². The summed E-state index contributed by atoms with van der Waals surface area (Å²) in [4.78, 5) is 75.2. The number of nitrogens with two attached hydrogens (primary N) is 2. The molecule has 0 aromatic heterocycles. The Hall–Kier alpha value is -4.83. The minimum absolute atomic E-state index is 0.0122. The lowest BCUT2D eigenvalue weighted by Gasteiger charge is -2.36. The summed E-state index contributed by atoms with van der Waals surface area (Å²) in [6.45, 7) is 4.99. The van der Waals surface area contributed by atoms with Crippen molar-refractivity contribution in [3.8, 4) is 0 Å². The van der Waals surface area contributed by atoms with Crippen molar-refractivity contribution in [1.82, 2.24) is 4.90 Å². The summed E-state index contributed by atoms with van der Waals surface area (Å²) in [7, 11) is 1.40. The fourth-order valence-corrected chi connectivity index (χ4v) is 4.28. The number of carbonyl (C=O) groups is 5. The van der Waals surface area contributed by atoms with Gasteiger partial charge < -0.3 is 35.2 Å². The van der Waals surface area contributed by atoms with Gasteiger partial charge in [0.05, 0.1) is 40.7 Å². The number of hydrogen-bond acceptors (Lipinski definition) is 13. The number of nitro benzene ring substituents is 1. The highest BCUT2D eigenvalue weighted by atomic mass is 16.7. The lowest BCUT2D eigenvalue weighted by atomic mass is 9.79. The van der Waals surface area contributed by atoms with Crippen molar-refractivity contribution >= 4 is 35.6 Å². The first-order valence-electron chi connectivity index (χ1n) is 13.4. The highest BCUT2D eigenvalue weighted by Gasteiger charge is 2.43. The number of amides is 2. The summed E-state index contributed by atoms with van der Waals surface area (Å²) in [6.07, 6.45) is -2.11. The quantitative estimate of drug-likeness (QED) is 0.0757. The molecule has 0 saturated carbocycles. The van der Waals surface area contributed by atoms with Crippen LogP contribution in [0, 0.1) is 10.1 Å². The van der Waals surface area contributed by atoms with Crippen molar-refractivity contribution in [3.63, 3.8) is 0 Å². The Morgan fingerprint density at radius 1 is 1.00 bits per heavy atom. The number of non-ortho nitro benzene ring substituents is 1. The van der Waals surface area contributed by atoms with Crippen LogP contribution in [0.15, 0.2) is 46.8 Å². The second-order valence-corrected chi connectivity index (χ2v) is 9.79. The molecular weight excluding hydrogens is 584 g/mol. The van der Waals surface area contributed by atoms with E-state index >= 15 is 0 Å². The first kappa shape index (κ1) is 35.4. The van der Waals surface area contributed by atoms with Crippen LogP contribution in [0.1, 0.15) is 52.0 Å².